The van der Waals surface area contributed by atoms with Crippen LogP contribution in [0.25, 0.3) is 0 Å². The van der Waals surface area contributed by atoms with E-state index in [4.69, 9.17) is 0 Å². The molecule has 0 aromatic rings. The first-order chi connectivity index (χ1) is 7.33. The van der Waals surface area contributed by atoms with Gasteiger partial charge in [0.25, 0.3) is 0 Å². The molecule has 1 rings (SSSR count). The zero-order valence-corrected chi connectivity index (χ0v) is 9.53. The predicted octanol–water partition coefficient (Wildman–Crippen LogP) is 3.40. The fourth-order valence-electron chi connectivity index (χ4n) is 2.25. The van der Waals surface area contributed by atoms with E-state index in [1.807, 2.05) is 0 Å². The van der Waals surface area contributed by atoms with Gasteiger partial charge < -0.3 is 5.11 Å². The molecule has 1 aliphatic rings. The standard InChI is InChI=1S/C12H23NO2/c14-12-8-6-4-2-1-3-5-7-11(13-15)9-10-12/h11-12,14H,1-10H2. The van der Waals surface area contributed by atoms with Crippen LogP contribution in [0, 0.1) is 4.91 Å². The highest BCUT2D eigenvalue weighted by Crippen LogP contribution is 2.18. The van der Waals surface area contributed by atoms with Crippen LogP contribution in [0.2, 0.25) is 0 Å². The van der Waals surface area contributed by atoms with E-state index in [2.05, 4.69) is 5.18 Å². The molecule has 0 bridgehead atoms. The van der Waals surface area contributed by atoms with Crippen molar-refractivity contribution >= 4 is 0 Å². The van der Waals surface area contributed by atoms with Gasteiger partial charge in [0.05, 0.1) is 12.1 Å². The van der Waals surface area contributed by atoms with Crippen molar-refractivity contribution in [1.82, 2.24) is 0 Å². The zero-order chi connectivity index (χ0) is 10.9. The molecule has 0 aliphatic heterocycles. The summed E-state index contributed by atoms with van der Waals surface area (Å²) in [7, 11) is 0. The molecule has 3 nitrogen and oxygen atoms in total. The lowest BCUT2D eigenvalue weighted by molar-refractivity contribution is 0.144. The number of hydrogen-bond acceptors (Lipinski definition) is 3. The molecule has 0 radical (unpaired) electrons. The van der Waals surface area contributed by atoms with Gasteiger partial charge in [0.15, 0.2) is 0 Å². The van der Waals surface area contributed by atoms with E-state index in [9.17, 15) is 10.0 Å². The summed E-state index contributed by atoms with van der Waals surface area (Å²) in [4.78, 5) is 10.6. The van der Waals surface area contributed by atoms with Crippen LogP contribution in [0.3, 0.4) is 0 Å². The minimum absolute atomic E-state index is 0.0564. The highest BCUT2D eigenvalue weighted by Gasteiger charge is 2.12. The number of rotatable bonds is 1. The van der Waals surface area contributed by atoms with Crippen molar-refractivity contribution in [3.8, 4) is 0 Å². The Morgan fingerprint density at radius 2 is 1.40 bits per heavy atom. The molecule has 0 saturated heterocycles. The van der Waals surface area contributed by atoms with E-state index >= 15 is 0 Å². The Bertz CT molecular complexity index is 173. The van der Waals surface area contributed by atoms with Crippen LogP contribution >= 0.6 is 0 Å². The Kier molecular flexibility index (Phi) is 6.57. The van der Waals surface area contributed by atoms with Gasteiger partial charge in [0, 0.05) is 0 Å². The van der Waals surface area contributed by atoms with Crippen molar-refractivity contribution in [3.05, 3.63) is 4.91 Å². The van der Waals surface area contributed by atoms with Crippen molar-refractivity contribution in [2.24, 2.45) is 5.18 Å². The minimum Gasteiger partial charge on any atom is -0.393 e. The average Bonchev–Trinajstić information content (AvgIpc) is 2.23. The number of aliphatic hydroxyl groups is 1. The molecule has 1 saturated carbocycles. The second kappa shape index (κ2) is 7.80. The molecule has 15 heavy (non-hydrogen) atoms. The lowest BCUT2D eigenvalue weighted by atomic mass is 9.97. The van der Waals surface area contributed by atoms with E-state index < -0.39 is 0 Å². The Labute approximate surface area is 92.2 Å². The van der Waals surface area contributed by atoms with Gasteiger partial charge in [-0.1, -0.05) is 43.7 Å². The van der Waals surface area contributed by atoms with Crippen LogP contribution in [-0.4, -0.2) is 17.3 Å². The molecule has 2 atom stereocenters. The zero-order valence-electron chi connectivity index (χ0n) is 9.53. The SMILES string of the molecule is O=NC1CCCCCCCCC(O)CC1. The molecular weight excluding hydrogens is 190 g/mol. The van der Waals surface area contributed by atoms with Crippen LogP contribution < -0.4 is 0 Å². The molecule has 0 aromatic carbocycles. The maximum absolute atomic E-state index is 10.6. The van der Waals surface area contributed by atoms with E-state index in [1.54, 1.807) is 0 Å². The molecule has 0 spiro atoms. The minimum atomic E-state index is -0.214. The van der Waals surface area contributed by atoms with Crippen LogP contribution in [0.1, 0.15) is 64.2 Å². The summed E-state index contributed by atoms with van der Waals surface area (Å²) in [5.74, 6) is 0. The summed E-state index contributed by atoms with van der Waals surface area (Å²) in [6.07, 6.45) is 10.4. The average molecular weight is 213 g/mol. The molecule has 2 unspecified atom stereocenters. The maximum atomic E-state index is 10.6. The summed E-state index contributed by atoms with van der Waals surface area (Å²) in [5, 5.41) is 12.8. The number of hydrogen-bond donors (Lipinski definition) is 1. The van der Waals surface area contributed by atoms with E-state index in [0.717, 1.165) is 38.5 Å². The first-order valence-corrected chi connectivity index (χ1v) is 6.33. The number of aliphatic hydroxyl groups excluding tert-OH is 1. The monoisotopic (exact) mass is 213 g/mol. The van der Waals surface area contributed by atoms with Crippen molar-refractivity contribution in [2.45, 2.75) is 76.4 Å². The van der Waals surface area contributed by atoms with Gasteiger partial charge in [-0.05, 0) is 25.7 Å². The highest BCUT2D eigenvalue weighted by atomic mass is 16.3. The predicted molar refractivity (Wildman–Crippen MR) is 61.8 cm³/mol. The first kappa shape index (κ1) is 12.6. The Morgan fingerprint density at radius 3 is 2.07 bits per heavy atom. The van der Waals surface area contributed by atoms with E-state index in [0.29, 0.717) is 0 Å². The lowest BCUT2D eigenvalue weighted by Crippen LogP contribution is -2.12. The quantitative estimate of drug-likeness (QED) is 0.679. The van der Waals surface area contributed by atoms with Crippen LogP contribution in [0.4, 0.5) is 0 Å². The van der Waals surface area contributed by atoms with E-state index in [1.165, 1.54) is 25.7 Å². The van der Waals surface area contributed by atoms with Gasteiger partial charge in [-0.25, -0.2) is 0 Å². The van der Waals surface area contributed by atoms with Gasteiger partial charge in [0.1, 0.15) is 0 Å². The van der Waals surface area contributed by atoms with Crippen LogP contribution in [0.5, 0.6) is 0 Å². The Hall–Kier alpha value is -0.440. The summed E-state index contributed by atoms with van der Waals surface area (Å²) < 4.78 is 0. The van der Waals surface area contributed by atoms with Crippen LogP contribution in [-0.2, 0) is 0 Å². The number of nitroso groups, excluding NO2 is 1. The van der Waals surface area contributed by atoms with Crippen molar-refractivity contribution in [3.63, 3.8) is 0 Å². The van der Waals surface area contributed by atoms with Crippen LogP contribution in [0.15, 0.2) is 5.18 Å². The third-order valence-corrected chi connectivity index (χ3v) is 3.31. The smallest absolute Gasteiger partial charge is 0.0920 e. The van der Waals surface area contributed by atoms with Gasteiger partial charge in [-0.15, -0.1) is 0 Å². The summed E-state index contributed by atoms with van der Waals surface area (Å²) in [6, 6.07) is -0.0564. The van der Waals surface area contributed by atoms with Crippen molar-refractivity contribution in [2.75, 3.05) is 0 Å². The second-order valence-corrected chi connectivity index (χ2v) is 4.69. The second-order valence-electron chi connectivity index (χ2n) is 4.69. The molecule has 0 heterocycles. The summed E-state index contributed by atoms with van der Waals surface area (Å²) in [5.41, 5.74) is 0. The number of nitrogens with zero attached hydrogens (tertiary/aromatic N) is 1. The topological polar surface area (TPSA) is 49.7 Å². The third-order valence-electron chi connectivity index (χ3n) is 3.31. The van der Waals surface area contributed by atoms with Crippen molar-refractivity contribution in [1.29, 1.82) is 0 Å². The molecule has 0 amide bonds. The summed E-state index contributed by atoms with van der Waals surface area (Å²) in [6.45, 7) is 0. The van der Waals surface area contributed by atoms with E-state index in [-0.39, 0.29) is 12.1 Å². The maximum Gasteiger partial charge on any atom is 0.0920 e. The Morgan fingerprint density at radius 1 is 0.800 bits per heavy atom. The van der Waals surface area contributed by atoms with Crippen molar-refractivity contribution < 1.29 is 5.11 Å². The van der Waals surface area contributed by atoms with Gasteiger partial charge in [-0.2, -0.15) is 4.91 Å². The van der Waals surface area contributed by atoms with Gasteiger partial charge >= 0.3 is 0 Å². The molecule has 88 valence electrons. The Balaban J connectivity index is 2.30. The molecule has 0 aromatic heterocycles. The molecular formula is C12H23NO2. The molecule has 3 heteroatoms. The normalized spacial score (nSPS) is 31.3. The fraction of sp³-hybridized carbons (Fsp3) is 1.00. The third kappa shape index (κ3) is 5.88. The highest BCUT2D eigenvalue weighted by molar-refractivity contribution is 4.69. The first-order valence-electron chi connectivity index (χ1n) is 6.33. The largest absolute Gasteiger partial charge is 0.393 e. The molecule has 1 aliphatic carbocycles. The van der Waals surface area contributed by atoms with Gasteiger partial charge in [-0.3, -0.25) is 0 Å². The lowest BCUT2D eigenvalue weighted by Gasteiger charge is -2.14. The fourth-order valence-corrected chi connectivity index (χ4v) is 2.25. The van der Waals surface area contributed by atoms with Gasteiger partial charge in [0.2, 0.25) is 0 Å². The molecule has 1 N–H and O–H groups in total. The summed E-state index contributed by atoms with van der Waals surface area (Å²) >= 11 is 0. The molecule has 1 fully saturated rings.